The fourth-order valence-corrected chi connectivity index (χ4v) is 4.19. The molecule has 1 fully saturated rings. The van der Waals surface area contributed by atoms with Crippen molar-refractivity contribution in [2.45, 2.75) is 19.3 Å². The third-order valence-electron chi connectivity index (χ3n) is 5.83. The smallest absolute Gasteiger partial charge is 0.256 e. The number of rotatable bonds is 2. The third kappa shape index (κ3) is 2.86. The second kappa shape index (κ2) is 6.65. The van der Waals surface area contributed by atoms with E-state index in [2.05, 4.69) is 26.3 Å². The Balaban J connectivity index is 1.52. The van der Waals surface area contributed by atoms with Crippen LogP contribution in [0.1, 0.15) is 35.4 Å². The Labute approximate surface area is 165 Å². The van der Waals surface area contributed by atoms with Crippen LogP contribution in [0.5, 0.6) is 0 Å². The Hall–Kier alpha value is -3.29. The maximum absolute atomic E-state index is 14.1. The number of amides is 1. The minimum Gasteiger partial charge on any atom is -0.345 e. The molecule has 8 heteroatoms. The summed E-state index contributed by atoms with van der Waals surface area (Å²) in [5, 5.41) is 0. The number of benzene rings is 1. The molecule has 5 rings (SSSR count). The first-order valence-corrected chi connectivity index (χ1v) is 9.56. The Kier molecular flexibility index (Phi) is 4.08. The molecule has 4 heterocycles. The highest BCUT2D eigenvalue weighted by Crippen LogP contribution is 2.33. The molecule has 1 amide bonds. The van der Waals surface area contributed by atoms with Gasteiger partial charge in [-0.3, -0.25) is 9.20 Å². The first-order valence-electron chi connectivity index (χ1n) is 9.56. The van der Waals surface area contributed by atoms with Gasteiger partial charge in [0.1, 0.15) is 17.5 Å². The number of carbonyl (C=O) groups is 1. The van der Waals surface area contributed by atoms with Gasteiger partial charge in [-0.25, -0.2) is 18.7 Å². The van der Waals surface area contributed by atoms with Crippen LogP contribution in [-0.4, -0.2) is 43.2 Å². The van der Waals surface area contributed by atoms with Gasteiger partial charge in [0.2, 0.25) is 0 Å². The highest BCUT2D eigenvalue weighted by Gasteiger charge is 2.34. The van der Waals surface area contributed by atoms with Crippen LogP contribution >= 0.6 is 0 Å². The summed E-state index contributed by atoms with van der Waals surface area (Å²) >= 11 is 0. The van der Waals surface area contributed by atoms with E-state index < -0.39 is 17.5 Å². The summed E-state index contributed by atoms with van der Waals surface area (Å²) in [4.78, 5) is 26.7. The summed E-state index contributed by atoms with van der Waals surface area (Å²) in [5.41, 5.74) is 2.47. The number of aromatic amines is 1. The number of halogens is 2. The number of imidazole rings is 1. The number of H-pyrrole nitrogens is 1. The topological polar surface area (TPSA) is 66.3 Å². The predicted octanol–water partition coefficient (Wildman–Crippen LogP) is 3.75. The van der Waals surface area contributed by atoms with E-state index in [9.17, 15) is 13.6 Å². The molecular formula is C21H19F2N5O. The highest BCUT2D eigenvalue weighted by molar-refractivity contribution is 5.94. The van der Waals surface area contributed by atoms with Crippen molar-refractivity contribution in [1.82, 2.24) is 24.3 Å². The number of fused-ring (bicyclic) bond motifs is 3. The van der Waals surface area contributed by atoms with Crippen molar-refractivity contribution in [1.29, 1.82) is 0 Å². The number of carbonyl (C=O) groups excluding carboxylic acids is 1. The molecule has 6 nitrogen and oxygen atoms in total. The minimum atomic E-state index is -0.837. The van der Waals surface area contributed by atoms with Crippen LogP contribution in [0.4, 0.5) is 8.78 Å². The first kappa shape index (κ1) is 17.8. The fourth-order valence-electron chi connectivity index (χ4n) is 4.19. The van der Waals surface area contributed by atoms with Crippen LogP contribution in [0.3, 0.4) is 0 Å². The lowest BCUT2D eigenvalue weighted by Crippen LogP contribution is -2.43. The van der Waals surface area contributed by atoms with Gasteiger partial charge in [0.05, 0.1) is 29.0 Å². The van der Waals surface area contributed by atoms with E-state index in [0.717, 1.165) is 41.1 Å². The van der Waals surface area contributed by atoms with Crippen LogP contribution in [0.15, 0.2) is 42.9 Å². The van der Waals surface area contributed by atoms with Gasteiger partial charge in [-0.05, 0) is 30.5 Å². The second-order valence-corrected chi connectivity index (χ2v) is 7.59. The summed E-state index contributed by atoms with van der Waals surface area (Å²) in [5.74, 6) is -0.817. The Morgan fingerprint density at radius 1 is 1.21 bits per heavy atom. The number of likely N-dealkylation sites (tertiary alicyclic amines) is 1. The third-order valence-corrected chi connectivity index (χ3v) is 5.83. The largest absolute Gasteiger partial charge is 0.345 e. The first-order chi connectivity index (χ1) is 14.0. The van der Waals surface area contributed by atoms with Crippen LogP contribution in [0, 0.1) is 17.6 Å². The number of hydrogen-bond donors (Lipinski definition) is 1. The number of nitrogens with one attached hydrogen (secondary N) is 1. The molecule has 1 aromatic carbocycles. The van der Waals surface area contributed by atoms with Gasteiger partial charge in [-0.15, -0.1) is 0 Å². The van der Waals surface area contributed by atoms with Crippen LogP contribution in [0.25, 0.3) is 16.7 Å². The summed E-state index contributed by atoms with van der Waals surface area (Å²) < 4.78 is 29.4. The number of aromatic nitrogens is 4. The van der Waals surface area contributed by atoms with Crippen molar-refractivity contribution < 1.29 is 13.6 Å². The van der Waals surface area contributed by atoms with E-state index in [-0.39, 0.29) is 11.5 Å². The predicted molar refractivity (Wildman–Crippen MR) is 104 cm³/mol. The van der Waals surface area contributed by atoms with Crippen molar-refractivity contribution in [3.8, 4) is 0 Å². The molecule has 3 aromatic heterocycles. The molecule has 29 heavy (non-hydrogen) atoms. The molecule has 0 aliphatic carbocycles. The Morgan fingerprint density at radius 3 is 2.86 bits per heavy atom. The van der Waals surface area contributed by atoms with Crippen LogP contribution in [0.2, 0.25) is 0 Å². The quantitative estimate of drug-likeness (QED) is 0.562. The minimum absolute atomic E-state index is 0.0146. The maximum Gasteiger partial charge on any atom is 0.256 e. The van der Waals surface area contributed by atoms with E-state index in [0.29, 0.717) is 19.0 Å². The van der Waals surface area contributed by atoms with Crippen LogP contribution < -0.4 is 0 Å². The molecule has 1 N–H and O–H groups in total. The van der Waals surface area contributed by atoms with Gasteiger partial charge >= 0.3 is 0 Å². The maximum atomic E-state index is 14.1. The lowest BCUT2D eigenvalue weighted by Gasteiger charge is -2.36. The molecule has 0 radical (unpaired) electrons. The van der Waals surface area contributed by atoms with Gasteiger partial charge in [0, 0.05) is 31.3 Å². The van der Waals surface area contributed by atoms with E-state index in [1.807, 2.05) is 12.3 Å². The van der Waals surface area contributed by atoms with Crippen molar-refractivity contribution in [3.63, 3.8) is 0 Å². The van der Waals surface area contributed by atoms with Gasteiger partial charge in [0.15, 0.2) is 5.65 Å². The molecule has 2 atom stereocenters. The van der Waals surface area contributed by atoms with Crippen LogP contribution in [-0.2, 0) is 0 Å². The summed E-state index contributed by atoms with van der Waals surface area (Å²) in [6.07, 6.45) is 6.15. The lowest BCUT2D eigenvalue weighted by atomic mass is 9.86. The average molecular weight is 395 g/mol. The Bertz CT molecular complexity index is 1230. The standard InChI is InChI=1S/C21H19F2N5O/c1-12-5-7-27(21(29)15-3-2-13(22)8-17(15)23)11-16(12)20-26-10-14-9-25-19-18(28(14)20)4-6-24-19/h2-4,6,8-10,12,16,24H,5,7,11H2,1H3/t12-,16+/m0/s1. The normalized spacial score (nSPS) is 19.9. The molecule has 148 valence electrons. The van der Waals surface area contributed by atoms with E-state index in [1.54, 1.807) is 17.3 Å². The molecule has 0 spiro atoms. The molecule has 0 bridgehead atoms. The monoisotopic (exact) mass is 395 g/mol. The number of hydrogen-bond acceptors (Lipinski definition) is 3. The van der Waals surface area contributed by atoms with E-state index in [4.69, 9.17) is 0 Å². The summed E-state index contributed by atoms with van der Waals surface area (Å²) in [6.45, 7) is 3.09. The van der Waals surface area contributed by atoms with Gasteiger partial charge in [-0.1, -0.05) is 6.92 Å². The fraction of sp³-hybridized carbons (Fsp3) is 0.286. The molecule has 1 aliphatic rings. The highest BCUT2D eigenvalue weighted by atomic mass is 19.1. The summed E-state index contributed by atoms with van der Waals surface area (Å²) in [7, 11) is 0. The van der Waals surface area contributed by atoms with E-state index >= 15 is 0 Å². The lowest BCUT2D eigenvalue weighted by molar-refractivity contribution is 0.0660. The number of nitrogens with zero attached hydrogens (tertiary/aromatic N) is 4. The molecule has 0 unspecified atom stereocenters. The van der Waals surface area contributed by atoms with Crippen molar-refractivity contribution in [2.75, 3.05) is 13.1 Å². The zero-order valence-electron chi connectivity index (χ0n) is 15.8. The second-order valence-electron chi connectivity index (χ2n) is 7.59. The van der Waals surface area contributed by atoms with Gasteiger partial charge in [0.25, 0.3) is 5.91 Å². The number of piperidine rings is 1. The van der Waals surface area contributed by atoms with Gasteiger partial charge < -0.3 is 9.88 Å². The average Bonchev–Trinajstić information content (AvgIpc) is 3.34. The van der Waals surface area contributed by atoms with Crippen molar-refractivity contribution >= 4 is 22.6 Å². The molecule has 0 saturated carbocycles. The van der Waals surface area contributed by atoms with Gasteiger partial charge in [-0.2, -0.15) is 0 Å². The zero-order chi connectivity index (χ0) is 20.1. The molecular weight excluding hydrogens is 376 g/mol. The zero-order valence-corrected chi connectivity index (χ0v) is 15.8. The summed E-state index contributed by atoms with van der Waals surface area (Å²) in [6, 6.07) is 5.01. The van der Waals surface area contributed by atoms with Crippen molar-refractivity contribution in [2.24, 2.45) is 5.92 Å². The molecule has 4 aromatic rings. The SMILES string of the molecule is C[C@H]1CCN(C(=O)c2ccc(F)cc2F)C[C@H]1c1ncc2cnc3[nH]ccc3n12. The van der Waals surface area contributed by atoms with E-state index in [1.165, 1.54) is 6.07 Å². The molecule has 1 aliphatic heterocycles. The molecule has 1 saturated heterocycles. The van der Waals surface area contributed by atoms with Crippen molar-refractivity contribution in [3.05, 3.63) is 65.9 Å². The Morgan fingerprint density at radius 2 is 2.03 bits per heavy atom.